The summed E-state index contributed by atoms with van der Waals surface area (Å²) in [5.74, 6) is 3.14. The van der Waals surface area contributed by atoms with E-state index in [4.69, 9.17) is 17.4 Å². The number of pyridine rings is 1. The molecule has 0 aliphatic rings. The zero-order valence-electron chi connectivity index (χ0n) is 7.86. The molecule has 0 aromatic carbocycles. The molecule has 0 saturated heterocycles. The molecule has 0 aliphatic carbocycles. The van der Waals surface area contributed by atoms with E-state index in [-0.39, 0.29) is 5.69 Å². The lowest BCUT2D eigenvalue weighted by atomic mass is 10.3. The molecule has 2 N–H and O–H groups in total. The van der Waals surface area contributed by atoms with Gasteiger partial charge in [0.1, 0.15) is 11.9 Å². The Labute approximate surface area is 83.0 Å². The van der Waals surface area contributed by atoms with E-state index in [1.165, 1.54) is 0 Å². The van der Waals surface area contributed by atoms with Gasteiger partial charge in [-0.3, -0.25) is 0 Å². The van der Waals surface area contributed by atoms with Crippen molar-refractivity contribution in [2.45, 2.75) is 0 Å². The monoisotopic (exact) mass is 186 g/mol. The van der Waals surface area contributed by atoms with E-state index >= 15 is 0 Å². The van der Waals surface area contributed by atoms with Crippen LogP contribution >= 0.6 is 0 Å². The van der Waals surface area contributed by atoms with Crippen LogP contribution in [0.4, 0.5) is 11.5 Å². The minimum atomic E-state index is 0.228. The second-order valence-corrected chi connectivity index (χ2v) is 2.78. The number of nitrogens with two attached hydrogens (primary N) is 1. The third-order valence-electron chi connectivity index (χ3n) is 1.74. The number of nitrogen functional groups attached to an aromatic ring is 1. The standard InChI is InChI=1S/C10H10N4/c1-3-6-14(2)10-5-4-8(12)9(7-11)13-10/h1,4-5H,6,12H2,2H3. The first-order valence-electron chi connectivity index (χ1n) is 4.00. The first-order valence-corrected chi connectivity index (χ1v) is 4.00. The van der Waals surface area contributed by atoms with Crippen LogP contribution in [-0.2, 0) is 0 Å². The summed E-state index contributed by atoms with van der Waals surface area (Å²) in [4.78, 5) is 5.82. The van der Waals surface area contributed by atoms with Crippen molar-refractivity contribution in [3.8, 4) is 18.4 Å². The van der Waals surface area contributed by atoms with Crippen molar-refractivity contribution in [2.75, 3.05) is 24.2 Å². The summed E-state index contributed by atoms with van der Waals surface area (Å²) in [7, 11) is 1.81. The molecule has 1 rings (SSSR count). The van der Waals surface area contributed by atoms with Gasteiger partial charge in [0.05, 0.1) is 12.2 Å². The van der Waals surface area contributed by atoms with E-state index < -0.39 is 0 Å². The topological polar surface area (TPSA) is 65.9 Å². The molecule has 1 aromatic heterocycles. The molecule has 0 saturated carbocycles. The molecular weight excluding hydrogens is 176 g/mol. The fourth-order valence-corrected chi connectivity index (χ4v) is 0.980. The van der Waals surface area contributed by atoms with Gasteiger partial charge in [0.15, 0.2) is 5.69 Å². The van der Waals surface area contributed by atoms with Gasteiger partial charge in [-0.05, 0) is 12.1 Å². The van der Waals surface area contributed by atoms with Crippen molar-refractivity contribution in [1.29, 1.82) is 5.26 Å². The van der Waals surface area contributed by atoms with Crippen molar-refractivity contribution in [1.82, 2.24) is 4.98 Å². The Morgan fingerprint density at radius 2 is 2.36 bits per heavy atom. The average molecular weight is 186 g/mol. The van der Waals surface area contributed by atoms with Crippen LogP contribution in [-0.4, -0.2) is 18.6 Å². The van der Waals surface area contributed by atoms with Crippen LogP contribution in [0, 0.1) is 23.7 Å². The Hall–Kier alpha value is -2.20. The summed E-state index contributed by atoms with van der Waals surface area (Å²) in [6.07, 6.45) is 5.16. The lowest BCUT2D eigenvalue weighted by Gasteiger charge is -2.14. The first kappa shape index (κ1) is 9.88. The van der Waals surface area contributed by atoms with Gasteiger partial charge in [0.25, 0.3) is 0 Å². The maximum atomic E-state index is 8.70. The van der Waals surface area contributed by atoms with Crippen molar-refractivity contribution >= 4 is 11.5 Å². The van der Waals surface area contributed by atoms with Gasteiger partial charge in [-0.2, -0.15) is 5.26 Å². The summed E-state index contributed by atoms with van der Waals surface area (Å²) >= 11 is 0. The minimum Gasteiger partial charge on any atom is -0.396 e. The number of hydrogen-bond donors (Lipinski definition) is 1. The number of terminal acetylenes is 1. The molecular formula is C10H10N4. The molecule has 1 aromatic rings. The minimum absolute atomic E-state index is 0.228. The lowest BCUT2D eigenvalue weighted by molar-refractivity contribution is 1.00. The highest BCUT2D eigenvalue weighted by Gasteiger charge is 2.04. The van der Waals surface area contributed by atoms with E-state index in [0.29, 0.717) is 18.1 Å². The van der Waals surface area contributed by atoms with Crippen molar-refractivity contribution in [2.24, 2.45) is 0 Å². The largest absolute Gasteiger partial charge is 0.396 e. The van der Waals surface area contributed by atoms with Gasteiger partial charge in [0, 0.05) is 7.05 Å². The van der Waals surface area contributed by atoms with E-state index in [2.05, 4.69) is 10.9 Å². The normalized spacial score (nSPS) is 8.79. The molecule has 0 fully saturated rings. The zero-order valence-corrected chi connectivity index (χ0v) is 7.86. The fourth-order valence-electron chi connectivity index (χ4n) is 0.980. The van der Waals surface area contributed by atoms with Crippen molar-refractivity contribution in [3.05, 3.63) is 17.8 Å². The number of rotatable bonds is 2. The van der Waals surface area contributed by atoms with Crippen LogP contribution in [0.25, 0.3) is 0 Å². The molecule has 0 atom stereocenters. The Kier molecular flexibility index (Phi) is 2.93. The highest BCUT2D eigenvalue weighted by molar-refractivity contribution is 5.55. The predicted molar refractivity (Wildman–Crippen MR) is 55.5 cm³/mol. The van der Waals surface area contributed by atoms with Gasteiger partial charge in [0.2, 0.25) is 0 Å². The van der Waals surface area contributed by atoms with Gasteiger partial charge >= 0.3 is 0 Å². The van der Waals surface area contributed by atoms with Crippen LogP contribution in [0.2, 0.25) is 0 Å². The molecule has 1 heterocycles. The SMILES string of the molecule is C#CCN(C)c1ccc(N)c(C#N)n1. The molecule has 0 radical (unpaired) electrons. The Morgan fingerprint density at radius 1 is 1.64 bits per heavy atom. The van der Waals surface area contributed by atoms with Crippen LogP contribution in [0.3, 0.4) is 0 Å². The Bertz CT molecular complexity index is 411. The van der Waals surface area contributed by atoms with Crippen LogP contribution < -0.4 is 10.6 Å². The average Bonchev–Trinajstić information content (AvgIpc) is 2.19. The summed E-state index contributed by atoms with van der Waals surface area (Å²) in [6.45, 7) is 0.446. The number of hydrogen-bond acceptors (Lipinski definition) is 4. The molecule has 0 bridgehead atoms. The summed E-state index contributed by atoms with van der Waals surface area (Å²) in [6, 6.07) is 5.29. The third-order valence-corrected chi connectivity index (χ3v) is 1.74. The second-order valence-electron chi connectivity index (χ2n) is 2.78. The van der Waals surface area contributed by atoms with E-state index in [1.807, 2.05) is 6.07 Å². The number of nitriles is 1. The Morgan fingerprint density at radius 3 is 2.93 bits per heavy atom. The van der Waals surface area contributed by atoms with Gasteiger partial charge < -0.3 is 10.6 Å². The highest BCUT2D eigenvalue weighted by atomic mass is 15.2. The fraction of sp³-hybridized carbons (Fsp3) is 0.200. The van der Waals surface area contributed by atoms with Gasteiger partial charge in [-0.15, -0.1) is 6.42 Å². The molecule has 14 heavy (non-hydrogen) atoms. The van der Waals surface area contributed by atoms with E-state index in [0.717, 1.165) is 0 Å². The van der Waals surface area contributed by atoms with Crippen molar-refractivity contribution in [3.63, 3.8) is 0 Å². The van der Waals surface area contributed by atoms with E-state index in [9.17, 15) is 0 Å². The number of nitrogens with zero attached hydrogens (tertiary/aromatic N) is 3. The van der Waals surface area contributed by atoms with Crippen LogP contribution in [0.1, 0.15) is 5.69 Å². The molecule has 0 aliphatic heterocycles. The molecule has 4 heteroatoms. The van der Waals surface area contributed by atoms with Crippen LogP contribution in [0.15, 0.2) is 12.1 Å². The Balaban J connectivity index is 3.03. The lowest BCUT2D eigenvalue weighted by Crippen LogP contribution is -2.18. The smallest absolute Gasteiger partial charge is 0.165 e. The molecule has 0 spiro atoms. The number of anilines is 2. The summed E-state index contributed by atoms with van der Waals surface area (Å²) < 4.78 is 0. The summed E-state index contributed by atoms with van der Waals surface area (Å²) in [5, 5.41) is 8.70. The third kappa shape index (κ3) is 1.94. The predicted octanol–water partition coefficient (Wildman–Crippen LogP) is 0.605. The van der Waals surface area contributed by atoms with Crippen LogP contribution in [0.5, 0.6) is 0 Å². The van der Waals surface area contributed by atoms with E-state index in [1.54, 1.807) is 24.1 Å². The molecule has 0 amide bonds. The maximum absolute atomic E-state index is 8.70. The van der Waals surface area contributed by atoms with Gasteiger partial charge in [-0.25, -0.2) is 4.98 Å². The van der Waals surface area contributed by atoms with Crippen molar-refractivity contribution < 1.29 is 0 Å². The van der Waals surface area contributed by atoms with Gasteiger partial charge in [-0.1, -0.05) is 5.92 Å². The first-order chi connectivity index (χ1) is 6.69. The number of aromatic nitrogens is 1. The molecule has 70 valence electrons. The quantitative estimate of drug-likeness (QED) is 0.687. The molecule has 4 nitrogen and oxygen atoms in total. The highest BCUT2D eigenvalue weighted by Crippen LogP contribution is 2.14. The maximum Gasteiger partial charge on any atom is 0.165 e. The zero-order chi connectivity index (χ0) is 10.6. The molecule has 0 unspecified atom stereocenters. The second kappa shape index (κ2) is 4.15. The summed E-state index contributed by atoms with van der Waals surface area (Å²) in [5.41, 5.74) is 6.14.